The Bertz CT molecular complexity index is 1250. The quantitative estimate of drug-likeness (QED) is 0.462. The van der Waals surface area contributed by atoms with Crippen molar-refractivity contribution >= 4 is 11.8 Å². The molecule has 0 amide bonds. The fourth-order valence-corrected chi connectivity index (χ4v) is 3.81. The average molecular weight is 420 g/mol. The van der Waals surface area contributed by atoms with Gasteiger partial charge in [0.25, 0.3) is 10.8 Å². The van der Waals surface area contributed by atoms with Crippen molar-refractivity contribution in [2.45, 2.75) is 30.9 Å². The van der Waals surface area contributed by atoms with Crippen LogP contribution in [0.4, 0.5) is 0 Å². The predicted molar refractivity (Wildman–Crippen MR) is 115 cm³/mol. The molecule has 2 heterocycles. The molecule has 152 valence electrons. The maximum absolute atomic E-state index is 13.0. The second-order valence-corrected chi connectivity index (χ2v) is 7.75. The maximum atomic E-state index is 13.0. The number of aryl methyl sites for hydroxylation is 1. The predicted octanol–water partition coefficient (Wildman–Crippen LogP) is 3.16. The highest BCUT2D eigenvalue weighted by Gasteiger charge is 2.16. The number of nitrogens with one attached hydrogen (secondary N) is 1. The van der Waals surface area contributed by atoms with E-state index in [-0.39, 0.29) is 18.5 Å². The largest absolute Gasteiger partial charge is 0.416 e. The highest BCUT2D eigenvalue weighted by Crippen LogP contribution is 2.22. The zero-order valence-corrected chi connectivity index (χ0v) is 17.2. The first-order valence-corrected chi connectivity index (χ1v) is 10.4. The van der Waals surface area contributed by atoms with Gasteiger partial charge in [0, 0.05) is 17.0 Å². The Morgan fingerprint density at radius 1 is 0.967 bits per heavy atom. The number of benzene rings is 2. The minimum Gasteiger partial charge on any atom is -0.416 e. The molecule has 0 saturated heterocycles. The Morgan fingerprint density at radius 2 is 1.63 bits per heavy atom. The van der Waals surface area contributed by atoms with Crippen molar-refractivity contribution < 1.29 is 4.42 Å². The number of rotatable bonds is 7. The van der Waals surface area contributed by atoms with Gasteiger partial charge in [-0.15, -0.1) is 10.2 Å². The van der Waals surface area contributed by atoms with Crippen molar-refractivity contribution in [3.05, 3.63) is 110 Å². The summed E-state index contributed by atoms with van der Waals surface area (Å²) in [6, 6.07) is 19.4. The Morgan fingerprint density at radius 3 is 2.33 bits per heavy atom. The van der Waals surface area contributed by atoms with Crippen LogP contribution in [0.3, 0.4) is 0 Å². The van der Waals surface area contributed by atoms with Crippen LogP contribution in [-0.4, -0.2) is 19.7 Å². The lowest BCUT2D eigenvalue weighted by Gasteiger charge is -2.09. The SMILES string of the molecule is Cc1[nH]c(=O)n(Cc2ccccc2)c(=O)c1Cc1nnc(SCc2ccccc2)o1. The molecule has 0 bridgehead atoms. The number of aromatic amines is 1. The fourth-order valence-electron chi connectivity index (χ4n) is 3.08. The first-order chi connectivity index (χ1) is 14.6. The molecule has 0 aliphatic carbocycles. The van der Waals surface area contributed by atoms with E-state index in [4.69, 9.17) is 4.42 Å². The van der Waals surface area contributed by atoms with Gasteiger partial charge < -0.3 is 9.40 Å². The zero-order valence-electron chi connectivity index (χ0n) is 16.4. The Hall–Kier alpha value is -3.39. The summed E-state index contributed by atoms with van der Waals surface area (Å²) in [7, 11) is 0. The van der Waals surface area contributed by atoms with Crippen molar-refractivity contribution in [1.29, 1.82) is 0 Å². The van der Waals surface area contributed by atoms with E-state index < -0.39 is 5.69 Å². The summed E-state index contributed by atoms with van der Waals surface area (Å²) in [5.74, 6) is 1.05. The second-order valence-electron chi connectivity index (χ2n) is 6.82. The molecule has 0 spiro atoms. The molecule has 0 radical (unpaired) electrons. The summed E-state index contributed by atoms with van der Waals surface area (Å²) in [6.07, 6.45) is 0.162. The molecule has 0 saturated carbocycles. The molecule has 4 aromatic rings. The summed E-state index contributed by atoms with van der Waals surface area (Å²) in [5, 5.41) is 8.57. The molecule has 1 N–H and O–H groups in total. The molecule has 0 aliphatic heterocycles. The highest BCUT2D eigenvalue weighted by atomic mass is 32.2. The monoisotopic (exact) mass is 420 g/mol. The van der Waals surface area contributed by atoms with E-state index in [2.05, 4.69) is 15.2 Å². The first kappa shape index (κ1) is 19.9. The van der Waals surface area contributed by atoms with Crippen LogP contribution in [0.2, 0.25) is 0 Å². The Labute approximate surface area is 176 Å². The van der Waals surface area contributed by atoms with E-state index in [0.717, 1.165) is 11.1 Å². The van der Waals surface area contributed by atoms with E-state index in [0.29, 0.717) is 28.1 Å². The van der Waals surface area contributed by atoms with Crippen LogP contribution in [-0.2, 0) is 18.7 Å². The van der Waals surface area contributed by atoms with Crippen LogP contribution in [0.1, 0.15) is 28.3 Å². The summed E-state index contributed by atoms with van der Waals surface area (Å²) in [4.78, 5) is 28.1. The molecule has 0 unspecified atom stereocenters. The number of H-pyrrole nitrogens is 1. The third-order valence-electron chi connectivity index (χ3n) is 4.66. The van der Waals surface area contributed by atoms with Crippen molar-refractivity contribution in [3.63, 3.8) is 0 Å². The molecule has 0 atom stereocenters. The number of hydrogen-bond donors (Lipinski definition) is 1. The number of thioether (sulfide) groups is 1. The van der Waals surface area contributed by atoms with E-state index in [1.54, 1.807) is 6.92 Å². The van der Waals surface area contributed by atoms with Gasteiger partial charge in [-0.25, -0.2) is 4.79 Å². The Balaban J connectivity index is 1.53. The van der Waals surface area contributed by atoms with Crippen LogP contribution in [0.25, 0.3) is 0 Å². The molecule has 4 rings (SSSR count). The summed E-state index contributed by atoms with van der Waals surface area (Å²) < 4.78 is 6.90. The first-order valence-electron chi connectivity index (χ1n) is 9.46. The molecule has 30 heavy (non-hydrogen) atoms. The van der Waals surface area contributed by atoms with Crippen LogP contribution >= 0.6 is 11.8 Å². The standard InChI is InChI=1S/C22H20N4O3S/c1-15-18(20(27)26(21(28)23-15)13-16-8-4-2-5-9-16)12-19-24-25-22(29-19)30-14-17-10-6-3-7-11-17/h2-11H,12-14H2,1H3,(H,23,28). The normalized spacial score (nSPS) is 11.0. The van der Waals surface area contributed by atoms with Crippen molar-refractivity contribution in [2.24, 2.45) is 0 Å². The van der Waals surface area contributed by atoms with E-state index in [1.165, 1.54) is 16.3 Å². The van der Waals surface area contributed by atoms with Crippen LogP contribution < -0.4 is 11.2 Å². The lowest BCUT2D eigenvalue weighted by molar-refractivity contribution is 0.419. The van der Waals surface area contributed by atoms with E-state index >= 15 is 0 Å². The van der Waals surface area contributed by atoms with Gasteiger partial charge >= 0.3 is 5.69 Å². The van der Waals surface area contributed by atoms with Gasteiger partial charge in [-0.3, -0.25) is 9.36 Å². The van der Waals surface area contributed by atoms with Crippen molar-refractivity contribution in [3.8, 4) is 0 Å². The molecule has 2 aromatic heterocycles. The third-order valence-corrected chi connectivity index (χ3v) is 5.55. The van der Waals surface area contributed by atoms with Gasteiger partial charge in [-0.2, -0.15) is 0 Å². The lowest BCUT2D eigenvalue weighted by atomic mass is 10.1. The Kier molecular flexibility index (Phi) is 5.94. The molecular formula is C22H20N4O3S. The van der Waals surface area contributed by atoms with Gasteiger partial charge in [0.2, 0.25) is 5.89 Å². The van der Waals surface area contributed by atoms with E-state index in [1.807, 2.05) is 60.7 Å². The molecule has 2 aromatic carbocycles. The second kappa shape index (κ2) is 8.96. The van der Waals surface area contributed by atoms with Crippen molar-refractivity contribution in [2.75, 3.05) is 0 Å². The summed E-state index contributed by atoms with van der Waals surface area (Å²) in [6.45, 7) is 1.90. The number of nitrogens with zero attached hydrogens (tertiary/aromatic N) is 3. The molecule has 0 aliphatic rings. The summed E-state index contributed by atoms with van der Waals surface area (Å²) >= 11 is 1.44. The minimum atomic E-state index is -0.435. The summed E-state index contributed by atoms with van der Waals surface area (Å²) in [5.41, 5.74) is 2.19. The molecule has 8 heteroatoms. The smallest absolute Gasteiger partial charge is 0.328 e. The van der Waals surface area contributed by atoms with Gasteiger partial charge in [0.1, 0.15) is 0 Å². The van der Waals surface area contributed by atoms with Crippen LogP contribution in [0, 0.1) is 6.92 Å². The highest BCUT2D eigenvalue weighted by molar-refractivity contribution is 7.98. The van der Waals surface area contributed by atoms with Gasteiger partial charge in [-0.1, -0.05) is 72.4 Å². The van der Waals surface area contributed by atoms with Gasteiger partial charge in [-0.05, 0) is 18.1 Å². The number of aromatic nitrogens is 4. The zero-order chi connectivity index (χ0) is 20.9. The fraction of sp³-hybridized carbons (Fsp3) is 0.182. The average Bonchev–Trinajstić information content (AvgIpc) is 3.22. The third kappa shape index (κ3) is 4.60. The lowest BCUT2D eigenvalue weighted by Crippen LogP contribution is -2.38. The number of hydrogen-bond acceptors (Lipinski definition) is 6. The molecule has 7 nitrogen and oxygen atoms in total. The topological polar surface area (TPSA) is 93.8 Å². The van der Waals surface area contributed by atoms with Gasteiger partial charge in [0.15, 0.2) is 0 Å². The molecular weight excluding hydrogens is 400 g/mol. The molecule has 0 fully saturated rings. The van der Waals surface area contributed by atoms with Crippen LogP contribution in [0.5, 0.6) is 0 Å². The van der Waals surface area contributed by atoms with E-state index in [9.17, 15) is 9.59 Å². The van der Waals surface area contributed by atoms with Gasteiger partial charge in [0.05, 0.1) is 13.0 Å². The minimum absolute atomic E-state index is 0.162. The van der Waals surface area contributed by atoms with Crippen LogP contribution in [0.15, 0.2) is 79.9 Å². The maximum Gasteiger partial charge on any atom is 0.328 e. The van der Waals surface area contributed by atoms with Crippen molar-refractivity contribution in [1.82, 2.24) is 19.7 Å².